The Hall–Kier alpha value is -4.43. The van der Waals surface area contributed by atoms with Crippen LogP contribution in [0, 0.1) is 0 Å². The van der Waals surface area contributed by atoms with Crippen LogP contribution >= 0.6 is 11.3 Å². The van der Waals surface area contributed by atoms with Gasteiger partial charge in [0.2, 0.25) is 0 Å². The SMILES string of the molecule is C=C(CN1Cc2c(-c3ccc4[nH]nc(-c5cccs5)c4c3)ccc(N)c2C1=O)c1ccnc(NC)c1. The molecule has 5 aromatic rings. The minimum Gasteiger partial charge on any atom is -0.398 e. The van der Waals surface area contributed by atoms with Gasteiger partial charge in [0.15, 0.2) is 0 Å². The van der Waals surface area contributed by atoms with Gasteiger partial charge in [0, 0.05) is 37.4 Å². The normalized spacial score (nSPS) is 12.8. The molecule has 0 atom stereocenters. The van der Waals surface area contributed by atoms with Crippen molar-refractivity contribution in [2.45, 2.75) is 6.54 Å². The highest BCUT2D eigenvalue weighted by atomic mass is 32.1. The molecule has 0 radical (unpaired) electrons. The first-order valence-electron chi connectivity index (χ1n) is 11.6. The van der Waals surface area contributed by atoms with Gasteiger partial charge in [-0.25, -0.2) is 4.98 Å². The number of aromatic amines is 1. The van der Waals surface area contributed by atoms with Crippen LogP contribution in [0.1, 0.15) is 21.5 Å². The zero-order chi connectivity index (χ0) is 24.8. The molecule has 1 amide bonds. The number of carbonyl (C=O) groups is 1. The summed E-state index contributed by atoms with van der Waals surface area (Å²) in [5.41, 5.74) is 14.1. The van der Waals surface area contributed by atoms with E-state index in [4.69, 9.17) is 5.73 Å². The number of benzene rings is 2. The lowest BCUT2D eigenvalue weighted by atomic mass is 9.94. The summed E-state index contributed by atoms with van der Waals surface area (Å²) in [5.74, 6) is 0.685. The zero-order valence-electron chi connectivity index (χ0n) is 19.7. The number of thiophene rings is 1. The number of rotatable bonds is 6. The van der Waals surface area contributed by atoms with E-state index in [2.05, 4.69) is 45.3 Å². The fourth-order valence-corrected chi connectivity index (χ4v) is 5.52. The van der Waals surface area contributed by atoms with Crippen LogP contribution in [0.15, 0.2) is 72.8 Å². The van der Waals surface area contributed by atoms with E-state index >= 15 is 0 Å². The van der Waals surface area contributed by atoms with Crippen molar-refractivity contribution in [3.8, 4) is 21.7 Å². The molecule has 178 valence electrons. The van der Waals surface area contributed by atoms with Crippen LogP contribution in [0.3, 0.4) is 0 Å². The number of hydrogen-bond acceptors (Lipinski definition) is 6. The molecule has 1 aliphatic heterocycles. The Kier molecular flexibility index (Phi) is 5.30. The molecule has 0 spiro atoms. The number of nitrogens with two attached hydrogens (primary N) is 1. The van der Waals surface area contributed by atoms with Crippen molar-refractivity contribution >= 4 is 45.2 Å². The maximum absolute atomic E-state index is 13.4. The fraction of sp³-hybridized carbons (Fsp3) is 0.107. The second-order valence-electron chi connectivity index (χ2n) is 8.81. The number of nitrogen functional groups attached to an aromatic ring is 1. The van der Waals surface area contributed by atoms with E-state index in [1.165, 1.54) is 0 Å². The topological polar surface area (TPSA) is 99.9 Å². The summed E-state index contributed by atoms with van der Waals surface area (Å²) in [4.78, 5) is 20.6. The number of anilines is 2. The Morgan fingerprint density at radius 1 is 1.22 bits per heavy atom. The van der Waals surface area contributed by atoms with Gasteiger partial charge in [0.25, 0.3) is 5.91 Å². The molecule has 36 heavy (non-hydrogen) atoms. The third-order valence-electron chi connectivity index (χ3n) is 6.63. The molecule has 0 saturated carbocycles. The minimum atomic E-state index is -0.0722. The quantitative estimate of drug-likeness (QED) is 0.266. The van der Waals surface area contributed by atoms with Crippen LogP contribution in [0.25, 0.3) is 38.2 Å². The van der Waals surface area contributed by atoms with Crippen LogP contribution < -0.4 is 11.1 Å². The van der Waals surface area contributed by atoms with E-state index in [1.807, 2.05) is 48.8 Å². The third kappa shape index (κ3) is 3.63. The van der Waals surface area contributed by atoms with Crippen LogP contribution in [0.5, 0.6) is 0 Å². The molecule has 4 N–H and O–H groups in total. The van der Waals surface area contributed by atoms with Crippen molar-refractivity contribution in [2.75, 3.05) is 24.6 Å². The summed E-state index contributed by atoms with van der Waals surface area (Å²) in [6.45, 7) is 5.11. The Morgan fingerprint density at radius 3 is 2.92 bits per heavy atom. The van der Waals surface area contributed by atoms with Gasteiger partial charge in [-0.05, 0) is 69.6 Å². The van der Waals surface area contributed by atoms with Gasteiger partial charge >= 0.3 is 0 Å². The number of pyridine rings is 1. The Bertz CT molecular complexity index is 1640. The third-order valence-corrected chi connectivity index (χ3v) is 7.51. The van der Waals surface area contributed by atoms with E-state index in [-0.39, 0.29) is 5.91 Å². The van der Waals surface area contributed by atoms with Crippen LogP contribution in [-0.4, -0.2) is 39.6 Å². The lowest BCUT2D eigenvalue weighted by molar-refractivity contribution is 0.0800. The van der Waals surface area contributed by atoms with Crippen molar-refractivity contribution in [2.24, 2.45) is 0 Å². The number of fused-ring (bicyclic) bond motifs is 2. The van der Waals surface area contributed by atoms with Crippen molar-refractivity contribution < 1.29 is 4.79 Å². The lowest BCUT2D eigenvalue weighted by Crippen LogP contribution is -2.26. The average molecular weight is 493 g/mol. The predicted octanol–water partition coefficient (Wildman–Crippen LogP) is 5.65. The fourth-order valence-electron chi connectivity index (χ4n) is 4.79. The van der Waals surface area contributed by atoms with Gasteiger partial charge in [-0.15, -0.1) is 11.3 Å². The Balaban J connectivity index is 1.36. The van der Waals surface area contributed by atoms with Crippen molar-refractivity contribution in [1.82, 2.24) is 20.1 Å². The molecular formula is C28H24N6OS. The van der Waals surface area contributed by atoms with E-state index in [0.717, 1.165) is 55.1 Å². The second kappa shape index (κ2) is 8.66. The Labute approximate surface area is 212 Å². The molecule has 2 aromatic carbocycles. The summed E-state index contributed by atoms with van der Waals surface area (Å²) < 4.78 is 0. The highest BCUT2D eigenvalue weighted by Crippen LogP contribution is 2.39. The van der Waals surface area contributed by atoms with E-state index in [9.17, 15) is 4.79 Å². The average Bonchev–Trinajstić information content (AvgIpc) is 3.64. The number of nitrogens with one attached hydrogen (secondary N) is 2. The van der Waals surface area contributed by atoms with Gasteiger partial charge in [-0.3, -0.25) is 9.89 Å². The highest BCUT2D eigenvalue weighted by Gasteiger charge is 2.32. The van der Waals surface area contributed by atoms with Crippen molar-refractivity contribution in [3.05, 3.63) is 89.4 Å². The molecule has 0 bridgehead atoms. The van der Waals surface area contributed by atoms with Crippen LogP contribution in [0.2, 0.25) is 0 Å². The number of aromatic nitrogens is 3. The van der Waals surface area contributed by atoms with Gasteiger partial charge < -0.3 is 16.0 Å². The first kappa shape index (κ1) is 22.1. The second-order valence-corrected chi connectivity index (χ2v) is 9.76. The molecule has 8 heteroatoms. The zero-order valence-corrected chi connectivity index (χ0v) is 20.5. The van der Waals surface area contributed by atoms with Crippen LogP contribution in [0.4, 0.5) is 11.5 Å². The summed E-state index contributed by atoms with van der Waals surface area (Å²) >= 11 is 1.66. The predicted molar refractivity (Wildman–Crippen MR) is 147 cm³/mol. The van der Waals surface area contributed by atoms with E-state index < -0.39 is 0 Å². The van der Waals surface area contributed by atoms with Crippen molar-refractivity contribution in [1.29, 1.82) is 0 Å². The van der Waals surface area contributed by atoms with Gasteiger partial charge in [-0.2, -0.15) is 5.10 Å². The molecule has 6 rings (SSSR count). The minimum absolute atomic E-state index is 0.0722. The first-order chi connectivity index (χ1) is 17.5. The molecule has 0 unspecified atom stereocenters. The van der Waals surface area contributed by atoms with Gasteiger partial charge in [0.1, 0.15) is 11.5 Å². The lowest BCUT2D eigenvalue weighted by Gasteiger charge is -2.18. The number of H-pyrrole nitrogens is 1. The number of nitrogens with zero attached hydrogens (tertiary/aromatic N) is 3. The number of amides is 1. The van der Waals surface area contributed by atoms with E-state index in [1.54, 1.807) is 22.4 Å². The molecular weight excluding hydrogens is 468 g/mol. The number of carbonyl (C=O) groups excluding carboxylic acids is 1. The molecule has 0 fully saturated rings. The standard InChI is InChI=1S/C28H24N6OS/c1-16(17-9-10-31-25(13-17)30-2)14-34-15-21-19(6-7-22(29)26(21)28(34)35)18-5-8-23-20(12-18)27(33-32-23)24-4-3-11-36-24/h3-13H,1,14-15,29H2,2H3,(H,30,31)(H,32,33). The Morgan fingerprint density at radius 2 is 2.11 bits per heavy atom. The molecule has 3 aromatic heterocycles. The smallest absolute Gasteiger partial charge is 0.256 e. The summed E-state index contributed by atoms with van der Waals surface area (Å²) in [6.07, 6.45) is 1.74. The summed E-state index contributed by atoms with van der Waals surface area (Å²) in [6, 6.07) is 18.0. The van der Waals surface area contributed by atoms with Crippen LogP contribution in [-0.2, 0) is 6.54 Å². The summed E-state index contributed by atoms with van der Waals surface area (Å²) in [5, 5.41) is 13.8. The number of hydrogen-bond donors (Lipinski definition) is 3. The van der Waals surface area contributed by atoms with Crippen molar-refractivity contribution in [3.63, 3.8) is 0 Å². The molecule has 7 nitrogen and oxygen atoms in total. The monoisotopic (exact) mass is 492 g/mol. The first-order valence-corrected chi connectivity index (χ1v) is 12.5. The van der Waals surface area contributed by atoms with Gasteiger partial charge in [0.05, 0.1) is 16.0 Å². The maximum Gasteiger partial charge on any atom is 0.256 e. The summed E-state index contributed by atoms with van der Waals surface area (Å²) in [7, 11) is 1.82. The molecule has 0 aliphatic carbocycles. The van der Waals surface area contributed by atoms with Gasteiger partial charge in [-0.1, -0.05) is 24.8 Å². The molecule has 1 aliphatic rings. The highest BCUT2D eigenvalue weighted by molar-refractivity contribution is 7.13. The van der Waals surface area contributed by atoms with E-state index in [0.29, 0.717) is 24.3 Å². The maximum atomic E-state index is 13.4. The largest absolute Gasteiger partial charge is 0.398 e. The molecule has 4 heterocycles. The molecule has 0 saturated heterocycles.